The van der Waals surface area contributed by atoms with E-state index in [0.29, 0.717) is 0 Å². The first-order valence-corrected chi connectivity index (χ1v) is 18.6. The average molecular weight is 687 g/mol. The molecule has 11 rings (SSSR count). The minimum absolute atomic E-state index is 0.416. The van der Waals surface area contributed by atoms with Gasteiger partial charge in [0.15, 0.2) is 0 Å². The van der Waals surface area contributed by atoms with E-state index in [9.17, 15) is 0 Å². The van der Waals surface area contributed by atoms with Crippen LogP contribution in [0.4, 0.5) is 17.1 Å². The Hall–Kier alpha value is -7.03. The maximum absolute atomic E-state index is 5.24. The fraction of sp³-hybridized carbons (Fsp3) is 0.0192. The summed E-state index contributed by atoms with van der Waals surface area (Å²) in [5.41, 5.74) is 18.8. The van der Waals surface area contributed by atoms with Gasteiger partial charge in [0.2, 0.25) is 0 Å². The summed E-state index contributed by atoms with van der Waals surface area (Å²) >= 11 is 0. The molecule has 0 saturated heterocycles. The van der Waals surface area contributed by atoms with Gasteiger partial charge in [-0.3, -0.25) is 0 Å². The monoisotopic (exact) mass is 686 g/mol. The second-order valence-electron chi connectivity index (χ2n) is 14.3. The molecule has 0 fully saturated rings. The molecule has 0 bridgehead atoms. The van der Waals surface area contributed by atoms with E-state index in [1.165, 1.54) is 44.5 Å². The number of fused-ring (bicyclic) bond motifs is 11. The van der Waals surface area contributed by atoms with Gasteiger partial charge in [-0.25, -0.2) is 4.98 Å². The van der Waals surface area contributed by atoms with Gasteiger partial charge < -0.3 is 4.90 Å². The maximum atomic E-state index is 5.24. The molecule has 0 aliphatic heterocycles. The first kappa shape index (κ1) is 30.6. The fourth-order valence-corrected chi connectivity index (χ4v) is 9.21. The molecule has 54 heavy (non-hydrogen) atoms. The van der Waals surface area contributed by atoms with Gasteiger partial charge in [0.05, 0.1) is 16.6 Å². The van der Waals surface area contributed by atoms with Crippen LogP contribution in [0.15, 0.2) is 206 Å². The SMILES string of the molecule is c1ccc(-c2nc3ccccc3cc2-c2cccc(N(c3ccccc3)c3ccc4c(c3)C3(c5ccccc5-c5ccccc53)c3ccccc3-4)c2)cc1. The van der Waals surface area contributed by atoms with Crippen LogP contribution in [0, 0.1) is 0 Å². The number of benzene rings is 8. The van der Waals surface area contributed by atoms with Crippen molar-refractivity contribution in [3.63, 3.8) is 0 Å². The number of anilines is 3. The van der Waals surface area contributed by atoms with E-state index in [-0.39, 0.29) is 0 Å². The first-order chi connectivity index (χ1) is 26.8. The van der Waals surface area contributed by atoms with Gasteiger partial charge in [0.1, 0.15) is 0 Å². The number of pyridine rings is 1. The Kier molecular flexibility index (Phi) is 6.80. The lowest BCUT2D eigenvalue weighted by atomic mass is 9.70. The van der Waals surface area contributed by atoms with E-state index in [0.717, 1.165) is 50.3 Å². The van der Waals surface area contributed by atoms with E-state index < -0.39 is 5.41 Å². The van der Waals surface area contributed by atoms with Crippen molar-refractivity contribution in [2.24, 2.45) is 0 Å². The van der Waals surface area contributed by atoms with Gasteiger partial charge in [-0.2, -0.15) is 0 Å². The molecule has 0 unspecified atom stereocenters. The van der Waals surface area contributed by atoms with Gasteiger partial charge >= 0.3 is 0 Å². The molecular formula is C52H34N2. The van der Waals surface area contributed by atoms with Gasteiger partial charge in [-0.05, 0) is 98.6 Å². The van der Waals surface area contributed by atoms with E-state index in [2.05, 4.69) is 211 Å². The van der Waals surface area contributed by atoms with Crippen LogP contribution in [0.2, 0.25) is 0 Å². The fourth-order valence-electron chi connectivity index (χ4n) is 9.21. The molecule has 0 amide bonds. The van der Waals surface area contributed by atoms with Crippen molar-refractivity contribution in [1.29, 1.82) is 0 Å². The van der Waals surface area contributed by atoms with Crippen LogP contribution < -0.4 is 4.90 Å². The van der Waals surface area contributed by atoms with Crippen LogP contribution in [0.1, 0.15) is 22.3 Å². The number of hydrogen-bond donors (Lipinski definition) is 0. The maximum Gasteiger partial charge on any atom is 0.0788 e. The van der Waals surface area contributed by atoms with Crippen molar-refractivity contribution in [3.8, 4) is 44.6 Å². The summed E-state index contributed by atoms with van der Waals surface area (Å²) in [7, 11) is 0. The summed E-state index contributed by atoms with van der Waals surface area (Å²) in [4.78, 5) is 7.64. The smallest absolute Gasteiger partial charge is 0.0788 e. The summed E-state index contributed by atoms with van der Waals surface area (Å²) in [6, 6.07) is 75.1. The Bertz CT molecular complexity index is 2830. The minimum atomic E-state index is -0.416. The van der Waals surface area contributed by atoms with E-state index in [1.54, 1.807) is 0 Å². The standard InChI is InChI=1S/C52H34N2/c1-3-16-35(17-4-1)51-45(33-37-18-7-14-29-50(37)53-51)36-19-15-22-39(32-36)54(38-20-5-2-6-21-38)40-30-31-44-43-25-10-13-28-48(43)52(49(44)34-40)46-26-11-8-23-41(46)42-24-9-12-27-47(42)52/h1-34H. The lowest BCUT2D eigenvalue weighted by Crippen LogP contribution is -2.26. The van der Waals surface area contributed by atoms with Crippen LogP contribution in [0.5, 0.6) is 0 Å². The zero-order chi connectivity index (χ0) is 35.6. The lowest BCUT2D eigenvalue weighted by Gasteiger charge is -2.32. The van der Waals surface area contributed by atoms with E-state index >= 15 is 0 Å². The largest absolute Gasteiger partial charge is 0.310 e. The highest BCUT2D eigenvalue weighted by atomic mass is 15.1. The van der Waals surface area contributed by atoms with Crippen LogP contribution in [0.3, 0.4) is 0 Å². The Morgan fingerprint density at radius 3 is 1.54 bits per heavy atom. The predicted molar refractivity (Wildman–Crippen MR) is 224 cm³/mol. The third kappa shape index (κ3) is 4.44. The lowest BCUT2D eigenvalue weighted by molar-refractivity contribution is 0.793. The second-order valence-corrected chi connectivity index (χ2v) is 14.3. The summed E-state index contributed by atoms with van der Waals surface area (Å²) in [6.45, 7) is 0. The number of nitrogens with zero attached hydrogens (tertiary/aromatic N) is 2. The average Bonchev–Trinajstić information content (AvgIpc) is 3.71. The summed E-state index contributed by atoms with van der Waals surface area (Å²) in [5.74, 6) is 0. The Balaban J connectivity index is 1.14. The minimum Gasteiger partial charge on any atom is -0.310 e. The third-order valence-corrected chi connectivity index (χ3v) is 11.4. The van der Waals surface area contributed by atoms with Crippen molar-refractivity contribution in [3.05, 3.63) is 229 Å². The molecule has 0 atom stereocenters. The Morgan fingerprint density at radius 2 is 0.852 bits per heavy atom. The molecule has 2 aliphatic carbocycles. The zero-order valence-electron chi connectivity index (χ0n) is 29.5. The van der Waals surface area contributed by atoms with Crippen molar-refractivity contribution in [1.82, 2.24) is 4.98 Å². The van der Waals surface area contributed by atoms with Crippen molar-refractivity contribution in [2.75, 3.05) is 4.90 Å². The highest BCUT2D eigenvalue weighted by Gasteiger charge is 2.51. The molecule has 2 heteroatoms. The van der Waals surface area contributed by atoms with Crippen molar-refractivity contribution >= 4 is 28.0 Å². The van der Waals surface area contributed by atoms with Crippen LogP contribution in [-0.4, -0.2) is 4.98 Å². The molecule has 0 radical (unpaired) electrons. The molecule has 0 saturated carbocycles. The van der Waals surface area contributed by atoms with Gasteiger partial charge in [0.25, 0.3) is 0 Å². The van der Waals surface area contributed by atoms with E-state index in [4.69, 9.17) is 4.98 Å². The normalized spacial score (nSPS) is 13.0. The molecule has 1 spiro atoms. The molecule has 8 aromatic carbocycles. The van der Waals surface area contributed by atoms with Crippen molar-refractivity contribution in [2.45, 2.75) is 5.41 Å². The number of hydrogen-bond acceptors (Lipinski definition) is 2. The number of rotatable bonds is 5. The molecule has 2 nitrogen and oxygen atoms in total. The quantitative estimate of drug-likeness (QED) is 0.179. The summed E-state index contributed by atoms with van der Waals surface area (Å²) in [6.07, 6.45) is 0. The molecule has 0 N–H and O–H groups in total. The predicted octanol–water partition coefficient (Wildman–Crippen LogP) is 13.4. The van der Waals surface area contributed by atoms with Crippen LogP contribution in [0.25, 0.3) is 55.5 Å². The number of aromatic nitrogens is 1. The second kappa shape index (κ2) is 12.0. The molecule has 2 aliphatic rings. The highest BCUT2D eigenvalue weighted by Crippen LogP contribution is 2.63. The third-order valence-electron chi connectivity index (χ3n) is 11.4. The number of para-hydroxylation sites is 2. The van der Waals surface area contributed by atoms with E-state index in [1.807, 2.05) is 0 Å². The first-order valence-electron chi connectivity index (χ1n) is 18.6. The Morgan fingerprint density at radius 1 is 0.333 bits per heavy atom. The topological polar surface area (TPSA) is 16.1 Å². The summed E-state index contributed by atoms with van der Waals surface area (Å²) in [5, 5.41) is 1.12. The molecule has 252 valence electrons. The Labute approximate surface area is 315 Å². The van der Waals surface area contributed by atoms with Crippen LogP contribution >= 0.6 is 0 Å². The van der Waals surface area contributed by atoms with Gasteiger partial charge in [0, 0.05) is 33.6 Å². The van der Waals surface area contributed by atoms with Gasteiger partial charge in [-0.1, -0.05) is 158 Å². The molecule has 1 heterocycles. The summed E-state index contributed by atoms with van der Waals surface area (Å²) < 4.78 is 0. The molecular weight excluding hydrogens is 653 g/mol. The van der Waals surface area contributed by atoms with Crippen LogP contribution in [-0.2, 0) is 5.41 Å². The van der Waals surface area contributed by atoms with Gasteiger partial charge in [-0.15, -0.1) is 0 Å². The molecule has 1 aromatic heterocycles. The molecule has 9 aromatic rings. The highest BCUT2D eigenvalue weighted by molar-refractivity contribution is 5.97. The zero-order valence-corrected chi connectivity index (χ0v) is 29.5. The van der Waals surface area contributed by atoms with Crippen molar-refractivity contribution < 1.29 is 0 Å².